The Morgan fingerprint density at radius 2 is 2.04 bits per heavy atom. The summed E-state index contributed by atoms with van der Waals surface area (Å²) in [6, 6.07) is 12.5. The zero-order valence-electron chi connectivity index (χ0n) is 15.9. The molecule has 0 aliphatic carbocycles. The number of benzene rings is 2. The van der Waals surface area contributed by atoms with Crippen molar-refractivity contribution < 1.29 is 9.53 Å². The van der Waals surface area contributed by atoms with Crippen LogP contribution in [-0.4, -0.2) is 47.8 Å². The molecule has 6 heteroatoms. The molecule has 1 aliphatic rings. The highest BCUT2D eigenvalue weighted by atomic mass is 16.5. The smallest absolute Gasteiger partial charge is 0.234 e. The van der Waals surface area contributed by atoms with Gasteiger partial charge in [0.25, 0.3) is 0 Å². The number of amides is 1. The van der Waals surface area contributed by atoms with Crippen molar-refractivity contribution in [2.75, 3.05) is 27.2 Å². The van der Waals surface area contributed by atoms with Gasteiger partial charge in [-0.05, 0) is 49.5 Å². The molecule has 1 N–H and O–H groups in total. The zero-order chi connectivity index (χ0) is 19.0. The monoisotopic (exact) mass is 364 g/mol. The molecule has 3 aromatic rings. The number of nitrogens with zero attached hydrogens (tertiary/aromatic N) is 3. The molecule has 0 fully saturated rings. The molecule has 0 saturated heterocycles. The lowest BCUT2D eigenvalue weighted by Crippen LogP contribution is -2.37. The predicted octanol–water partition coefficient (Wildman–Crippen LogP) is 2.74. The molecule has 0 radical (unpaired) electrons. The van der Waals surface area contributed by atoms with E-state index in [2.05, 4.69) is 40.7 Å². The Kier molecular flexibility index (Phi) is 4.58. The van der Waals surface area contributed by atoms with Crippen molar-refractivity contribution >= 4 is 16.8 Å². The lowest BCUT2D eigenvalue weighted by molar-refractivity contribution is -0.122. The summed E-state index contributed by atoms with van der Waals surface area (Å²) >= 11 is 0. The van der Waals surface area contributed by atoms with Crippen molar-refractivity contribution in [1.29, 1.82) is 0 Å². The fourth-order valence-corrected chi connectivity index (χ4v) is 3.59. The van der Waals surface area contributed by atoms with Crippen molar-refractivity contribution in [3.63, 3.8) is 0 Å². The molecule has 2 aromatic carbocycles. The first-order chi connectivity index (χ1) is 13.0. The van der Waals surface area contributed by atoms with E-state index in [1.54, 1.807) is 0 Å². The molecule has 1 amide bonds. The van der Waals surface area contributed by atoms with Crippen LogP contribution in [0.2, 0.25) is 0 Å². The van der Waals surface area contributed by atoms with Gasteiger partial charge in [-0.3, -0.25) is 9.48 Å². The molecule has 6 nitrogen and oxygen atoms in total. The number of nitrogens with one attached hydrogen (secondary N) is 1. The Hall–Kier alpha value is -2.86. The first-order valence-corrected chi connectivity index (χ1v) is 9.14. The van der Waals surface area contributed by atoms with Crippen molar-refractivity contribution in [2.24, 2.45) is 7.05 Å². The molecule has 140 valence electrons. The number of aryl methyl sites for hydroxylation is 1. The van der Waals surface area contributed by atoms with E-state index in [-0.39, 0.29) is 11.9 Å². The van der Waals surface area contributed by atoms with Crippen molar-refractivity contribution in [3.8, 4) is 16.9 Å². The Morgan fingerprint density at radius 3 is 2.85 bits per heavy atom. The van der Waals surface area contributed by atoms with E-state index in [0.717, 1.165) is 39.8 Å². The van der Waals surface area contributed by atoms with Crippen LogP contribution in [0.25, 0.3) is 22.0 Å². The average Bonchev–Trinajstić information content (AvgIpc) is 3.01. The summed E-state index contributed by atoms with van der Waals surface area (Å²) in [5.74, 6) is 0.877. The van der Waals surface area contributed by atoms with Gasteiger partial charge in [0, 0.05) is 24.4 Å². The van der Waals surface area contributed by atoms with E-state index < -0.39 is 0 Å². The predicted molar refractivity (Wildman–Crippen MR) is 106 cm³/mol. The van der Waals surface area contributed by atoms with Crippen molar-refractivity contribution in [1.82, 2.24) is 20.0 Å². The minimum atomic E-state index is -0.0247. The molecule has 0 spiro atoms. The maximum atomic E-state index is 12.2. The second-order valence-electron chi connectivity index (χ2n) is 7.29. The largest absolute Gasteiger partial charge is 0.493 e. The number of likely N-dealkylation sites (N-methyl/N-ethyl adjacent to an activating group) is 1. The summed E-state index contributed by atoms with van der Waals surface area (Å²) < 4.78 is 7.68. The summed E-state index contributed by atoms with van der Waals surface area (Å²) in [5.41, 5.74) is 4.38. The fraction of sp³-hybridized carbons (Fsp3) is 0.333. The van der Waals surface area contributed by atoms with Crippen LogP contribution in [0.1, 0.15) is 18.0 Å². The van der Waals surface area contributed by atoms with Gasteiger partial charge in [0.05, 0.1) is 30.9 Å². The SMILES string of the molecule is CN(C)CC(=O)NC1CCOc2ccc(-c3ccc4c(cnn4C)c3)cc21. The first kappa shape index (κ1) is 17.5. The Balaban J connectivity index is 1.66. The summed E-state index contributed by atoms with van der Waals surface area (Å²) in [7, 11) is 5.73. The Labute approximate surface area is 158 Å². The topological polar surface area (TPSA) is 59.4 Å². The number of hydrogen-bond acceptors (Lipinski definition) is 4. The Morgan fingerprint density at radius 1 is 1.26 bits per heavy atom. The third kappa shape index (κ3) is 3.53. The third-order valence-corrected chi connectivity index (χ3v) is 4.92. The lowest BCUT2D eigenvalue weighted by atomic mass is 9.95. The molecule has 1 aromatic heterocycles. The van der Waals surface area contributed by atoms with Crippen LogP contribution in [0, 0.1) is 0 Å². The van der Waals surface area contributed by atoms with Crippen LogP contribution in [0.4, 0.5) is 0 Å². The minimum absolute atomic E-state index is 0.0247. The van der Waals surface area contributed by atoms with Gasteiger partial charge < -0.3 is 15.0 Å². The number of carbonyl (C=O) groups excluding carboxylic acids is 1. The fourth-order valence-electron chi connectivity index (χ4n) is 3.59. The molecule has 1 unspecified atom stereocenters. The van der Waals surface area contributed by atoms with E-state index in [0.29, 0.717) is 13.2 Å². The highest BCUT2D eigenvalue weighted by Gasteiger charge is 2.23. The molecular weight excluding hydrogens is 340 g/mol. The van der Waals surface area contributed by atoms with Gasteiger partial charge >= 0.3 is 0 Å². The van der Waals surface area contributed by atoms with Gasteiger partial charge in [-0.25, -0.2) is 0 Å². The van der Waals surface area contributed by atoms with Crippen molar-refractivity contribution in [3.05, 3.63) is 48.2 Å². The second kappa shape index (κ2) is 7.04. The number of hydrogen-bond donors (Lipinski definition) is 1. The Bertz CT molecular complexity index is 993. The lowest BCUT2D eigenvalue weighted by Gasteiger charge is -2.27. The maximum absolute atomic E-state index is 12.2. The molecule has 4 rings (SSSR count). The normalized spacial score (nSPS) is 16.2. The van der Waals surface area contributed by atoms with Gasteiger partial charge in [0.2, 0.25) is 5.91 Å². The molecule has 0 saturated carbocycles. The number of rotatable bonds is 4. The summed E-state index contributed by atoms with van der Waals surface area (Å²) in [5, 5.41) is 8.57. The number of aromatic nitrogens is 2. The molecule has 1 aliphatic heterocycles. The van der Waals surface area contributed by atoms with E-state index in [9.17, 15) is 4.79 Å². The molecule has 0 bridgehead atoms. The minimum Gasteiger partial charge on any atom is -0.493 e. The summed E-state index contributed by atoms with van der Waals surface area (Å²) in [6.07, 6.45) is 2.65. The average molecular weight is 364 g/mol. The summed E-state index contributed by atoms with van der Waals surface area (Å²) in [4.78, 5) is 14.1. The van der Waals surface area contributed by atoms with Crippen LogP contribution in [0.15, 0.2) is 42.6 Å². The van der Waals surface area contributed by atoms with Gasteiger partial charge in [-0.2, -0.15) is 5.10 Å². The van der Waals surface area contributed by atoms with Crippen LogP contribution in [-0.2, 0) is 11.8 Å². The van der Waals surface area contributed by atoms with E-state index in [4.69, 9.17) is 4.74 Å². The first-order valence-electron chi connectivity index (χ1n) is 9.14. The highest BCUT2D eigenvalue weighted by molar-refractivity contribution is 5.85. The van der Waals surface area contributed by atoms with Crippen LogP contribution >= 0.6 is 0 Å². The number of carbonyl (C=O) groups is 1. The number of fused-ring (bicyclic) bond motifs is 2. The van der Waals surface area contributed by atoms with E-state index >= 15 is 0 Å². The van der Waals surface area contributed by atoms with Gasteiger partial charge in [0.15, 0.2) is 0 Å². The highest BCUT2D eigenvalue weighted by Crippen LogP contribution is 2.36. The third-order valence-electron chi connectivity index (χ3n) is 4.92. The maximum Gasteiger partial charge on any atom is 0.234 e. The zero-order valence-corrected chi connectivity index (χ0v) is 15.9. The van der Waals surface area contributed by atoms with Crippen LogP contribution in [0.5, 0.6) is 5.75 Å². The van der Waals surface area contributed by atoms with Crippen LogP contribution < -0.4 is 10.1 Å². The standard InChI is InChI=1S/C21H24N4O2/c1-24(2)13-21(26)23-18-8-9-27-20-7-5-15(11-17(18)20)14-4-6-19-16(10-14)12-22-25(19)3/h4-7,10-12,18H,8-9,13H2,1-3H3,(H,23,26). The van der Waals surface area contributed by atoms with Gasteiger partial charge in [-0.1, -0.05) is 12.1 Å². The quantitative estimate of drug-likeness (QED) is 0.773. The van der Waals surface area contributed by atoms with Crippen molar-refractivity contribution in [2.45, 2.75) is 12.5 Å². The molecule has 1 atom stereocenters. The van der Waals surface area contributed by atoms with E-state index in [1.807, 2.05) is 43.0 Å². The summed E-state index contributed by atoms with van der Waals surface area (Å²) in [6.45, 7) is 0.991. The van der Waals surface area contributed by atoms with Gasteiger partial charge in [0.1, 0.15) is 5.75 Å². The van der Waals surface area contributed by atoms with E-state index in [1.165, 1.54) is 0 Å². The second-order valence-corrected chi connectivity index (χ2v) is 7.29. The number of ether oxygens (including phenoxy) is 1. The molecule has 2 heterocycles. The molecular formula is C21H24N4O2. The van der Waals surface area contributed by atoms with Gasteiger partial charge in [-0.15, -0.1) is 0 Å². The van der Waals surface area contributed by atoms with Crippen LogP contribution in [0.3, 0.4) is 0 Å². The molecule has 27 heavy (non-hydrogen) atoms.